The monoisotopic (exact) mass is 272 g/mol. The third-order valence-electron chi connectivity index (χ3n) is 4.92. The van der Waals surface area contributed by atoms with Crippen molar-refractivity contribution in [3.63, 3.8) is 0 Å². The van der Waals surface area contributed by atoms with E-state index >= 15 is 0 Å². The molecule has 0 amide bonds. The van der Waals surface area contributed by atoms with Crippen molar-refractivity contribution in [3.05, 3.63) is 35.4 Å². The van der Waals surface area contributed by atoms with Crippen LogP contribution in [-0.4, -0.2) is 31.1 Å². The van der Waals surface area contributed by atoms with Crippen LogP contribution in [0.2, 0.25) is 0 Å². The van der Waals surface area contributed by atoms with Gasteiger partial charge in [0, 0.05) is 6.54 Å². The quantitative estimate of drug-likeness (QED) is 0.905. The first-order valence-corrected chi connectivity index (χ1v) is 8.41. The largest absolute Gasteiger partial charge is 0.316 e. The van der Waals surface area contributed by atoms with E-state index in [4.69, 9.17) is 0 Å². The molecular weight excluding hydrogens is 244 g/mol. The Morgan fingerprint density at radius 3 is 2.90 bits per heavy atom. The van der Waals surface area contributed by atoms with Gasteiger partial charge in [-0.3, -0.25) is 4.90 Å². The Kier molecular flexibility index (Phi) is 5.10. The summed E-state index contributed by atoms with van der Waals surface area (Å²) >= 11 is 0. The molecule has 2 heteroatoms. The van der Waals surface area contributed by atoms with Gasteiger partial charge in [0.15, 0.2) is 0 Å². The van der Waals surface area contributed by atoms with E-state index in [1.165, 1.54) is 71.2 Å². The molecule has 1 fully saturated rings. The van der Waals surface area contributed by atoms with Gasteiger partial charge in [-0.15, -0.1) is 0 Å². The fourth-order valence-corrected chi connectivity index (χ4v) is 3.73. The molecule has 1 N–H and O–H groups in total. The number of nitrogens with zero attached hydrogens (tertiary/aromatic N) is 1. The summed E-state index contributed by atoms with van der Waals surface area (Å²) in [5.74, 6) is 0.933. The summed E-state index contributed by atoms with van der Waals surface area (Å²) in [5, 5.41) is 3.53. The highest BCUT2D eigenvalue weighted by molar-refractivity contribution is 5.27. The smallest absolute Gasteiger partial charge is 0.0236 e. The van der Waals surface area contributed by atoms with Crippen LogP contribution in [0.25, 0.3) is 0 Å². The normalized spacial score (nSPS) is 24.1. The Hall–Kier alpha value is -0.860. The lowest BCUT2D eigenvalue weighted by Crippen LogP contribution is -2.31. The molecule has 0 aromatic heterocycles. The summed E-state index contributed by atoms with van der Waals surface area (Å²) in [4.78, 5) is 2.67. The molecule has 0 saturated carbocycles. The molecule has 1 saturated heterocycles. The Morgan fingerprint density at radius 1 is 1.15 bits per heavy atom. The van der Waals surface area contributed by atoms with E-state index in [9.17, 15) is 0 Å². The molecule has 2 heterocycles. The fourth-order valence-electron chi connectivity index (χ4n) is 3.73. The zero-order valence-corrected chi connectivity index (χ0v) is 12.6. The van der Waals surface area contributed by atoms with Gasteiger partial charge in [0.25, 0.3) is 0 Å². The second-order valence-corrected chi connectivity index (χ2v) is 6.50. The zero-order chi connectivity index (χ0) is 13.6. The summed E-state index contributed by atoms with van der Waals surface area (Å²) in [5.41, 5.74) is 3.14. The van der Waals surface area contributed by atoms with Gasteiger partial charge >= 0.3 is 0 Å². The number of rotatable bonds is 4. The summed E-state index contributed by atoms with van der Waals surface area (Å²) < 4.78 is 0. The number of piperidine rings is 1. The molecule has 2 aliphatic heterocycles. The van der Waals surface area contributed by atoms with E-state index in [-0.39, 0.29) is 0 Å². The molecule has 110 valence electrons. The van der Waals surface area contributed by atoms with Gasteiger partial charge in [-0.1, -0.05) is 24.3 Å². The highest BCUT2D eigenvalue weighted by Gasteiger charge is 2.16. The molecule has 20 heavy (non-hydrogen) atoms. The second kappa shape index (κ2) is 7.24. The van der Waals surface area contributed by atoms with Gasteiger partial charge in [-0.2, -0.15) is 0 Å². The van der Waals surface area contributed by atoms with Crippen LogP contribution < -0.4 is 5.32 Å². The molecule has 1 aromatic carbocycles. The minimum absolute atomic E-state index is 0.933. The molecule has 0 spiro atoms. The van der Waals surface area contributed by atoms with Crippen molar-refractivity contribution < 1.29 is 0 Å². The molecule has 1 atom stereocenters. The lowest BCUT2D eigenvalue weighted by Gasteiger charge is -2.25. The standard InChI is InChI=1S/C18H28N2/c1-2-9-18-15-20(13-5-10-17(18)8-1)12-4-7-16-6-3-11-19-14-16/h1-2,8-9,16,19H,3-7,10-15H2. The van der Waals surface area contributed by atoms with Gasteiger partial charge in [-0.25, -0.2) is 0 Å². The maximum absolute atomic E-state index is 3.53. The summed E-state index contributed by atoms with van der Waals surface area (Å²) in [7, 11) is 0. The van der Waals surface area contributed by atoms with E-state index in [0.29, 0.717) is 0 Å². The Labute approximate surface area is 123 Å². The molecule has 0 aliphatic carbocycles. The maximum atomic E-state index is 3.53. The SMILES string of the molecule is c1ccc2c(c1)CCCN(CCCC1CCCNC1)C2. The van der Waals surface area contributed by atoms with E-state index in [2.05, 4.69) is 34.5 Å². The van der Waals surface area contributed by atoms with Crippen LogP contribution in [-0.2, 0) is 13.0 Å². The van der Waals surface area contributed by atoms with Crippen LogP contribution in [0.4, 0.5) is 0 Å². The summed E-state index contributed by atoms with van der Waals surface area (Å²) in [6.07, 6.45) is 8.18. The van der Waals surface area contributed by atoms with Gasteiger partial charge in [0.2, 0.25) is 0 Å². The van der Waals surface area contributed by atoms with Gasteiger partial charge in [0.05, 0.1) is 0 Å². The van der Waals surface area contributed by atoms with Crippen LogP contribution in [0.15, 0.2) is 24.3 Å². The zero-order valence-electron chi connectivity index (χ0n) is 12.6. The number of fused-ring (bicyclic) bond motifs is 1. The predicted molar refractivity (Wildman–Crippen MR) is 84.9 cm³/mol. The van der Waals surface area contributed by atoms with Crippen molar-refractivity contribution in [3.8, 4) is 0 Å². The van der Waals surface area contributed by atoms with E-state index in [1.807, 2.05) is 0 Å². The van der Waals surface area contributed by atoms with Crippen molar-refractivity contribution in [1.29, 1.82) is 0 Å². The first-order valence-electron chi connectivity index (χ1n) is 8.41. The lowest BCUT2D eigenvalue weighted by atomic mass is 9.94. The van der Waals surface area contributed by atoms with E-state index in [0.717, 1.165) is 5.92 Å². The Bertz CT molecular complexity index is 410. The third kappa shape index (κ3) is 3.83. The first kappa shape index (κ1) is 14.1. The number of aryl methyl sites for hydroxylation is 1. The molecular formula is C18H28N2. The number of hydrogen-bond donors (Lipinski definition) is 1. The topological polar surface area (TPSA) is 15.3 Å². The minimum atomic E-state index is 0.933. The number of nitrogens with one attached hydrogen (secondary N) is 1. The van der Waals surface area contributed by atoms with E-state index in [1.54, 1.807) is 11.1 Å². The van der Waals surface area contributed by atoms with Crippen molar-refractivity contribution in [2.24, 2.45) is 5.92 Å². The van der Waals surface area contributed by atoms with E-state index < -0.39 is 0 Å². The average molecular weight is 272 g/mol. The fraction of sp³-hybridized carbons (Fsp3) is 0.667. The molecule has 2 aliphatic rings. The highest BCUT2D eigenvalue weighted by atomic mass is 15.1. The maximum Gasteiger partial charge on any atom is 0.0236 e. The average Bonchev–Trinajstić information content (AvgIpc) is 2.70. The van der Waals surface area contributed by atoms with Gasteiger partial charge in [-0.05, 0) is 81.7 Å². The van der Waals surface area contributed by atoms with Crippen LogP contribution in [0.1, 0.15) is 43.2 Å². The summed E-state index contributed by atoms with van der Waals surface area (Å²) in [6.45, 7) is 6.21. The Balaban J connectivity index is 1.46. The van der Waals surface area contributed by atoms with Crippen molar-refractivity contribution in [2.75, 3.05) is 26.2 Å². The van der Waals surface area contributed by atoms with Gasteiger partial charge in [0.1, 0.15) is 0 Å². The summed E-state index contributed by atoms with van der Waals surface area (Å²) in [6, 6.07) is 9.01. The van der Waals surface area contributed by atoms with Crippen molar-refractivity contribution in [1.82, 2.24) is 10.2 Å². The highest BCUT2D eigenvalue weighted by Crippen LogP contribution is 2.20. The van der Waals surface area contributed by atoms with Crippen molar-refractivity contribution in [2.45, 2.75) is 45.1 Å². The van der Waals surface area contributed by atoms with Crippen LogP contribution >= 0.6 is 0 Å². The number of hydrogen-bond acceptors (Lipinski definition) is 2. The van der Waals surface area contributed by atoms with Crippen molar-refractivity contribution >= 4 is 0 Å². The van der Waals surface area contributed by atoms with Gasteiger partial charge < -0.3 is 5.32 Å². The Morgan fingerprint density at radius 2 is 2.05 bits per heavy atom. The van der Waals surface area contributed by atoms with Crippen LogP contribution in [0.5, 0.6) is 0 Å². The lowest BCUT2D eigenvalue weighted by molar-refractivity contribution is 0.248. The third-order valence-corrected chi connectivity index (χ3v) is 4.92. The molecule has 1 aromatic rings. The van der Waals surface area contributed by atoms with Crippen LogP contribution in [0, 0.1) is 5.92 Å². The second-order valence-electron chi connectivity index (χ2n) is 6.50. The first-order chi connectivity index (χ1) is 9.92. The predicted octanol–water partition coefficient (Wildman–Crippen LogP) is 3.21. The van der Waals surface area contributed by atoms with Crippen LogP contribution in [0.3, 0.4) is 0 Å². The molecule has 3 rings (SSSR count). The molecule has 0 radical (unpaired) electrons. The molecule has 0 bridgehead atoms. The number of benzene rings is 1. The molecule has 1 unspecified atom stereocenters. The molecule has 2 nitrogen and oxygen atoms in total. The minimum Gasteiger partial charge on any atom is -0.316 e.